The first kappa shape index (κ1) is 18.4. The number of thiophene rings is 1. The molecule has 0 saturated heterocycles. The summed E-state index contributed by atoms with van der Waals surface area (Å²) < 4.78 is 14.7. The molecule has 1 aromatic heterocycles. The molecule has 0 bridgehead atoms. The fraction of sp³-hybridized carbons (Fsp3) is 0.105. The van der Waals surface area contributed by atoms with Gasteiger partial charge in [-0.2, -0.15) is 0 Å². The largest absolute Gasteiger partial charge is 0.506 e. The van der Waals surface area contributed by atoms with Crippen LogP contribution in [0.4, 0.5) is 10.1 Å². The molecule has 3 N–H and O–H groups in total. The molecule has 3 rings (SSSR count). The SMILES string of the molecule is Oc1ccccc1NC(=NCc1cc(Br)ccc1F)NCc1cccs1. The number of phenolic OH excluding ortho intramolecular Hbond substituents is 1. The Labute approximate surface area is 163 Å². The number of benzene rings is 2. The fourth-order valence-corrected chi connectivity index (χ4v) is 3.31. The van der Waals surface area contributed by atoms with Gasteiger partial charge in [-0.3, -0.25) is 0 Å². The molecular weight excluding hydrogens is 417 g/mol. The monoisotopic (exact) mass is 433 g/mol. The predicted molar refractivity (Wildman–Crippen MR) is 108 cm³/mol. The first-order chi connectivity index (χ1) is 12.6. The summed E-state index contributed by atoms with van der Waals surface area (Å²) in [5.74, 6) is 0.267. The molecule has 0 atom stereocenters. The molecule has 0 aliphatic carbocycles. The molecular formula is C19H17BrFN3OS. The average molecular weight is 434 g/mol. The van der Waals surface area contributed by atoms with Gasteiger partial charge >= 0.3 is 0 Å². The smallest absolute Gasteiger partial charge is 0.196 e. The van der Waals surface area contributed by atoms with Crippen molar-refractivity contribution in [3.63, 3.8) is 0 Å². The number of nitrogens with one attached hydrogen (secondary N) is 2. The zero-order valence-electron chi connectivity index (χ0n) is 13.7. The minimum absolute atomic E-state index is 0.117. The van der Waals surface area contributed by atoms with Gasteiger partial charge in [-0.15, -0.1) is 11.3 Å². The van der Waals surface area contributed by atoms with E-state index in [9.17, 15) is 9.50 Å². The molecule has 134 valence electrons. The van der Waals surface area contributed by atoms with Gasteiger partial charge in [-0.1, -0.05) is 34.1 Å². The number of aromatic hydroxyl groups is 1. The Morgan fingerprint density at radius 1 is 1.15 bits per heavy atom. The van der Waals surface area contributed by atoms with Gasteiger partial charge in [0.05, 0.1) is 18.8 Å². The second kappa shape index (κ2) is 8.82. The van der Waals surface area contributed by atoms with Gasteiger partial charge in [0.2, 0.25) is 0 Å². The maximum absolute atomic E-state index is 14.0. The molecule has 0 amide bonds. The Hall–Kier alpha value is -2.38. The van der Waals surface area contributed by atoms with Crippen LogP contribution in [0.5, 0.6) is 5.75 Å². The summed E-state index contributed by atoms with van der Waals surface area (Å²) in [5, 5.41) is 18.2. The van der Waals surface area contributed by atoms with E-state index in [0.717, 1.165) is 9.35 Å². The maximum atomic E-state index is 14.0. The summed E-state index contributed by atoms with van der Waals surface area (Å²) >= 11 is 4.98. The molecule has 26 heavy (non-hydrogen) atoms. The van der Waals surface area contributed by atoms with Gasteiger partial charge in [0, 0.05) is 14.9 Å². The Bertz CT molecular complexity index is 900. The summed E-state index contributed by atoms with van der Waals surface area (Å²) in [7, 11) is 0. The Kier molecular flexibility index (Phi) is 6.25. The number of nitrogens with zero attached hydrogens (tertiary/aromatic N) is 1. The highest BCUT2D eigenvalue weighted by Gasteiger charge is 2.07. The molecule has 4 nitrogen and oxygen atoms in total. The number of para-hydroxylation sites is 2. The first-order valence-corrected chi connectivity index (χ1v) is 9.59. The number of phenols is 1. The van der Waals surface area contributed by atoms with Crippen LogP contribution in [-0.2, 0) is 13.1 Å². The summed E-state index contributed by atoms with van der Waals surface area (Å²) in [6, 6.07) is 15.7. The molecule has 0 radical (unpaired) electrons. The summed E-state index contributed by atoms with van der Waals surface area (Å²) in [5.41, 5.74) is 1.01. The van der Waals surface area contributed by atoms with Crippen LogP contribution >= 0.6 is 27.3 Å². The van der Waals surface area contributed by atoms with E-state index in [1.54, 1.807) is 41.7 Å². The maximum Gasteiger partial charge on any atom is 0.196 e. The van der Waals surface area contributed by atoms with E-state index in [2.05, 4.69) is 31.6 Å². The molecule has 0 aliphatic rings. The summed E-state index contributed by atoms with van der Waals surface area (Å²) in [6.07, 6.45) is 0. The number of anilines is 1. The average Bonchev–Trinajstić information content (AvgIpc) is 3.15. The number of hydrogen-bond acceptors (Lipinski definition) is 3. The lowest BCUT2D eigenvalue weighted by molar-refractivity contribution is 0.478. The lowest BCUT2D eigenvalue weighted by Gasteiger charge is -2.13. The zero-order chi connectivity index (χ0) is 18.4. The van der Waals surface area contributed by atoms with Crippen molar-refractivity contribution in [1.29, 1.82) is 0 Å². The highest BCUT2D eigenvalue weighted by Crippen LogP contribution is 2.22. The van der Waals surface area contributed by atoms with Crippen LogP contribution in [0.15, 0.2) is 69.4 Å². The first-order valence-electron chi connectivity index (χ1n) is 7.91. The second-order valence-electron chi connectivity index (χ2n) is 5.48. The second-order valence-corrected chi connectivity index (χ2v) is 7.42. The normalized spacial score (nSPS) is 11.4. The van der Waals surface area contributed by atoms with E-state index < -0.39 is 0 Å². The van der Waals surface area contributed by atoms with Crippen LogP contribution in [0, 0.1) is 5.82 Å². The van der Waals surface area contributed by atoms with Crippen LogP contribution in [0.3, 0.4) is 0 Å². The van der Waals surface area contributed by atoms with Gasteiger partial charge < -0.3 is 15.7 Å². The van der Waals surface area contributed by atoms with Crippen molar-refractivity contribution < 1.29 is 9.50 Å². The Morgan fingerprint density at radius 3 is 2.77 bits per heavy atom. The van der Waals surface area contributed by atoms with Crippen LogP contribution in [0.1, 0.15) is 10.4 Å². The predicted octanol–water partition coefficient (Wildman–Crippen LogP) is 5.11. The van der Waals surface area contributed by atoms with E-state index in [0.29, 0.717) is 23.8 Å². The van der Waals surface area contributed by atoms with Crippen LogP contribution in [-0.4, -0.2) is 11.1 Å². The van der Waals surface area contributed by atoms with Crippen molar-refractivity contribution in [1.82, 2.24) is 5.32 Å². The third-order valence-electron chi connectivity index (χ3n) is 3.58. The lowest BCUT2D eigenvalue weighted by Crippen LogP contribution is -2.30. The van der Waals surface area contributed by atoms with Crippen molar-refractivity contribution in [3.05, 3.63) is 80.7 Å². The van der Waals surface area contributed by atoms with Crippen LogP contribution in [0.25, 0.3) is 0 Å². The Morgan fingerprint density at radius 2 is 2.00 bits per heavy atom. The van der Waals surface area contributed by atoms with E-state index in [-0.39, 0.29) is 18.1 Å². The van der Waals surface area contributed by atoms with Crippen LogP contribution in [0.2, 0.25) is 0 Å². The minimum atomic E-state index is -0.308. The van der Waals surface area contributed by atoms with E-state index in [1.807, 2.05) is 23.6 Å². The van der Waals surface area contributed by atoms with Crippen molar-refractivity contribution in [3.8, 4) is 5.75 Å². The number of rotatable bonds is 5. The number of aliphatic imine (C=N–C) groups is 1. The highest BCUT2D eigenvalue weighted by atomic mass is 79.9. The minimum Gasteiger partial charge on any atom is -0.506 e. The topological polar surface area (TPSA) is 56.6 Å². The zero-order valence-corrected chi connectivity index (χ0v) is 16.1. The molecule has 2 aromatic carbocycles. The summed E-state index contributed by atoms with van der Waals surface area (Å²) in [4.78, 5) is 5.60. The highest BCUT2D eigenvalue weighted by molar-refractivity contribution is 9.10. The molecule has 1 heterocycles. The third kappa shape index (κ3) is 5.06. The van der Waals surface area contributed by atoms with Gasteiger partial charge in [0.15, 0.2) is 5.96 Å². The third-order valence-corrected chi connectivity index (χ3v) is 4.95. The molecule has 0 unspecified atom stereocenters. The van der Waals surface area contributed by atoms with Crippen LogP contribution < -0.4 is 10.6 Å². The van der Waals surface area contributed by atoms with Gasteiger partial charge in [-0.05, 0) is 41.8 Å². The van der Waals surface area contributed by atoms with Gasteiger partial charge in [-0.25, -0.2) is 9.38 Å². The molecule has 0 saturated carbocycles. The van der Waals surface area contributed by atoms with Crippen molar-refractivity contribution in [2.75, 3.05) is 5.32 Å². The Balaban J connectivity index is 1.79. The lowest BCUT2D eigenvalue weighted by atomic mass is 10.2. The van der Waals surface area contributed by atoms with Gasteiger partial charge in [0.1, 0.15) is 11.6 Å². The van der Waals surface area contributed by atoms with E-state index in [1.165, 1.54) is 6.07 Å². The standard InChI is InChI=1S/C19H17BrFN3OS/c20-14-7-8-16(21)13(10-14)11-22-19(23-12-15-4-3-9-26-15)24-17-5-1-2-6-18(17)25/h1-10,25H,11-12H2,(H2,22,23,24). The van der Waals surface area contributed by atoms with Crippen molar-refractivity contribution in [2.24, 2.45) is 4.99 Å². The van der Waals surface area contributed by atoms with Gasteiger partial charge in [0.25, 0.3) is 0 Å². The molecule has 7 heteroatoms. The molecule has 3 aromatic rings. The number of hydrogen-bond donors (Lipinski definition) is 3. The van der Waals surface area contributed by atoms with Crippen molar-refractivity contribution in [2.45, 2.75) is 13.1 Å². The quantitative estimate of drug-likeness (QED) is 0.297. The van der Waals surface area contributed by atoms with E-state index >= 15 is 0 Å². The van der Waals surface area contributed by atoms with E-state index in [4.69, 9.17) is 0 Å². The number of guanidine groups is 1. The molecule has 0 spiro atoms. The number of halogens is 2. The van der Waals surface area contributed by atoms with Crippen molar-refractivity contribution >= 4 is 38.9 Å². The summed E-state index contributed by atoms with van der Waals surface area (Å²) in [6.45, 7) is 0.747. The molecule has 0 aliphatic heterocycles. The molecule has 0 fully saturated rings. The fourth-order valence-electron chi connectivity index (χ4n) is 2.26.